The lowest BCUT2D eigenvalue weighted by molar-refractivity contribution is -0.384. The van der Waals surface area contributed by atoms with Gasteiger partial charge in [-0.15, -0.1) is 0 Å². The molecule has 0 radical (unpaired) electrons. The molecule has 0 saturated carbocycles. The van der Waals surface area contributed by atoms with Crippen LogP contribution < -0.4 is 5.32 Å². The highest BCUT2D eigenvalue weighted by Crippen LogP contribution is 2.15. The number of nitrogens with zero attached hydrogens (tertiary/aromatic N) is 2. The highest BCUT2D eigenvalue weighted by atomic mass is 32.1. The monoisotopic (exact) mass is 313 g/mol. The second-order valence-corrected chi connectivity index (χ2v) is 4.59. The van der Waals surface area contributed by atoms with E-state index in [4.69, 9.17) is 21.7 Å². The molecule has 1 aromatic carbocycles. The molecule has 0 aliphatic carbocycles. The molecule has 0 fully saturated rings. The minimum absolute atomic E-state index is 0.0436. The van der Waals surface area contributed by atoms with Gasteiger partial charge in [0.2, 0.25) is 0 Å². The Kier molecular flexibility index (Phi) is 7.59. The van der Waals surface area contributed by atoms with Crippen molar-refractivity contribution in [1.82, 2.24) is 4.90 Å². The van der Waals surface area contributed by atoms with E-state index in [2.05, 4.69) is 5.32 Å². The molecule has 0 aromatic heterocycles. The zero-order chi connectivity index (χ0) is 15.7. The Bertz CT molecular complexity index is 459. The van der Waals surface area contributed by atoms with Crippen LogP contribution in [0.1, 0.15) is 0 Å². The molecule has 0 spiro atoms. The molecule has 1 N–H and O–H groups in total. The molecule has 0 bridgehead atoms. The molecule has 8 heteroatoms. The second-order valence-electron chi connectivity index (χ2n) is 4.21. The predicted octanol–water partition coefficient (Wildman–Crippen LogP) is 1.89. The molecule has 0 heterocycles. The summed E-state index contributed by atoms with van der Waals surface area (Å²) in [6.07, 6.45) is 0. The number of anilines is 1. The van der Waals surface area contributed by atoms with Crippen LogP contribution in [0.3, 0.4) is 0 Å². The molecular weight excluding hydrogens is 294 g/mol. The van der Waals surface area contributed by atoms with Crippen LogP contribution in [-0.4, -0.2) is 55.5 Å². The molecule has 21 heavy (non-hydrogen) atoms. The van der Waals surface area contributed by atoms with E-state index in [9.17, 15) is 10.1 Å². The average Bonchev–Trinajstić information content (AvgIpc) is 2.47. The fourth-order valence-electron chi connectivity index (χ4n) is 1.59. The zero-order valence-corrected chi connectivity index (χ0v) is 12.9. The third-order valence-corrected chi connectivity index (χ3v) is 3.11. The Balaban J connectivity index is 2.64. The number of nitro groups is 1. The summed E-state index contributed by atoms with van der Waals surface area (Å²) >= 11 is 5.34. The van der Waals surface area contributed by atoms with Gasteiger partial charge in [-0.3, -0.25) is 10.1 Å². The van der Waals surface area contributed by atoms with Crippen molar-refractivity contribution < 1.29 is 14.4 Å². The molecule has 0 unspecified atom stereocenters. The summed E-state index contributed by atoms with van der Waals surface area (Å²) in [5, 5.41) is 14.2. The Labute approximate surface area is 129 Å². The Morgan fingerprint density at radius 3 is 2.19 bits per heavy atom. The average molecular weight is 313 g/mol. The third kappa shape index (κ3) is 6.03. The summed E-state index contributed by atoms with van der Waals surface area (Å²) in [5.41, 5.74) is 0.743. The fourth-order valence-corrected chi connectivity index (χ4v) is 1.89. The van der Waals surface area contributed by atoms with Crippen molar-refractivity contribution in [3.05, 3.63) is 34.4 Å². The van der Waals surface area contributed by atoms with E-state index in [-0.39, 0.29) is 5.69 Å². The molecule has 1 rings (SSSR count). The summed E-state index contributed by atoms with van der Waals surface area (Å²) in [4.78, 5) is 12.1. The quantitative estimate of drug-likeness (QED) is 0.446. The summed E-state index contributed by atoms with van der Waals surface area (Å²) in [6.45, 7) is 2.37. The first kappa shape index (κ1) is 17.3. The Hall–Kier alpha value is -1.77. The minimum Gasteiger partial charge on any atom is -0.383 e. The molecule has 0 aliphatic rings. The van der Waals surface area contributed by atoms with Crippen molar-refractivity contribution in [2.75, 3.05) is 45.8 Å². The number of rotatable bonds is 8. The van der Waals surface area contributed by atoms with Crippen molar-refractivity contribution in [3.8, 4) is 0 Å². The van der Waals surface area contributed by atoms with E-state index in [1.165, 1.54) is 12.1 Å². The molecule has 1 aromatic rings. The van der Waals surface area contributed by atoms with Crippen LogP contribution in [0.25, 0.3) is 0 Å². The van der Waals surface area contributed by atoms with Gasteiger partial charge in [0.1, 0.15) is 0 Å². The fraction of sp³-hybridized carbons (Fsp3) is 0.462. The highest BCUT2D eigenvalue weighted by Gasteiger charge is 2.10. The van der Waals surface area contributed by atoms with Crippen LogP contribution in [0, 0.1) is 10.1 Å². The largest absolute Gasteiger partial charge is 0.383 e. The number of nitrogens with one attached hydrogen (secondary N) is 1. The topological polar surface area (TPSA) is 76.9 Å². The first-order chi connectivity index (χ1) is 10.1. The van der Waals surface area contributed by atoms with Gasteiger partial charge in [-0.05, 0) is 24.4 Å². The van der Waals surface area contributed by atoms with Crippen LogP contribution in [0.15, 0.2) is 24.3 Å². The summed E-state index contributed by atoms with van der Waals surface area (Å²) in [5.74, 6) is 0. The Morgan fingerprint density at radius 1 is 1.24 bits per heavy atom. The normalized spacial score (nSPS) is 10.2. The van der Waals surface area contributed by atoms with Crippen LogP contribution in [0.4, 0.5) is 11.4 Å². The number of non-ortho nitro benzene ring substituents is 1. The Morgan fingerprint density at radius 2 is 1.76 bits per heavy atom. The lowest BCUT2D eigenvalue weighted by Crippen LogP contribution is -2.39. The summed E-state index contributed by atoms with van der Waals surface area (Å²) in [7, 11) is 3.25. The van der Waals surface area contributed by atoms with Gasteiger partial charge in [0.15, 0.2) is 5.11 Å². The number of thiocarbonyl (C=S) groups is 1. The third-order valence-electron chi connectivity index (χ3n) is 2.75. The molecular formula is C13H19N3O4S. The van der Waals surface area contributed by atoms with E-state index in [0.717, 1.165) is 0 Å². The van der Waals surface area contributed by atoms with Gasteiger partial charge < -0.3 is 19.7 Å². The molecule has 0 aliphatic heterocycles. The SMILES string of the molecule is COCCN(CCOC)C(=S)Nc1ccc([N+](=O)[O-])cc1. The number of hydrogen-bond donors (Lipinski definition) is 1. The van der Waals surface area contributed by atoms with E-state index in [0.29, 0.717) is 37.1 Å². The van der Waals surface area contributed by atoms with Crippen molar-refractivity contribution in [2.24, 2.45) is 0 Å². The molecule has 0 atom stereocenters. The van der Waals surface area contributed by atoms with Crippen LogP contribution >= 0.6 is 12.2 Å². The van der Waals surface area contributed by atoms with E-state index in [1.807, 2.05) is 4.90 Å². The summed E-state index contributed by atoms with van der Waals surface area (Å²) < 4.78 is 10.1. The molecule has 0 amide bonds. The number of hydrogen-bond acceptors (Lipinski definition) is 5. The lowest BCUT2D eigenvalue weighted by Gasteiger charge is -2.25. The maximum atomic E-state index is 10.6. The van der Waals surface area contributed by atoms with Crippen molar-refractivity contribution in [1.29, 1.82) is 0 Å². The zero-order valence-electron chi connectivity index (χ0n) is 12.1. The van der Waals surface area contributed by atoms with Crippen LogP contribution in [-0.2, 0) is 9.47 Å². The van der Waals surface area contributed by atoms with Gasteiger partial charge in [0.25, 0.3) is 5.69 Å². The number of methoxy groups -OCH3 is 2. The standard InChI is InChI=1S/C13H19N3O4S/c1-19-9-7-15(8-10-20-2)13(21)14-11-3-5-12(6-4-11)16(17)18/h3-6H,7-10H2,1-2H3,(H,14,21). The second kappa shape index (κ2) is 9.22. The number of benzene rings is 1. The van der Waals surface area contributed by atoms with Gasteiger partial charge in [-0.2, -0.15) is 0 Å². The van der Waals surface area contributed by atoms with Crippen molar-refractivity contribution in [3.63, 3.8) is 0 Å². The minimum atomic E-state index is -0.439. The van der Waals surface area contributed by atoms with Crippen molar-refractivity contribution in [2.45, 2.75) is 0 Å². The van der Waals surface area contributed by atoms with Gasteiger partial charge >= 0.3 is 0 Å². The molecule has 116 valence electrons. The van der Waals surface area contributed by atoms with E-state index in [1.54, 1.807) is 26.4 Å². The van der Waals surface area contributed by atoms with Gasteiger partial charge in [0.05, 0.1) is 18.1 Å². The molecule has 7 nitrogen and oxygen atoms in total. The summed E-state index contributed by atoms with van der Waals surface area (Å²) in [6, 6.07) is 6.10. The van der Waals surface area contributed by atoms with Crippen molar-refractivity contribution >= 4 is 28.7 Å². The van der Waals surface area contributed by atoms with Gasteiger partial charge in [-0.1, -0.05) is 0 Å². The van der Waals surface area contributed by atoms with Gasteiger partial charge in [-0.25, -0.2) is 0 Å². The smallest absolute Gasteiger partial charge is 0.269 e. The van der Waals surface area contributed by atoms with Crippen LogP contribution in [0.5, 0.6) is 0 Å². The number of nitro benzene ring substituents is 1. The predicted molar refractivity (Wildman–Crippen MR) is 84.6 cm³/mol. The first-order valence-corrected chi connectivity index (χ1v) is 6.77. The maximum absolute atomic E-state index is 10.6. The van der Waals surface area contributed by atoms with Gasteiger partial charge in [0, 0.05) is 45.1 Å². The van der Waals surface area contributed by atoms with E-state index >= 15 is 0 Å². The highest BCUT2D eigenvalue weighted by molar-refractivity contribution is 7.80. The van der Waals surface area contributed by atoms with E-state index < -0.39 is 4.92 Å². The lowest BCUT2D eigenvalue weighted by atomic mass is 10.3. The number of ether oxygens (including phenoxy) is 2. The van der Waals surface area contributed by atoms with Crippen LogP contribution in [0.2, 0.25) is 0 Å². The molecule has 0 saturated heterocycles. The first-order valence-electron chi connectivity index (χ1n) is 6.36. The maximum Gasteiger partial charge on any atom is 0.269 e.